The van der Waals surface area contributed by atoms with E-state index >= 15 is 0 Å². The highest BCUT2D eigenvalue weighted by molar-refractivity contribution is 5.85. The van der Waals surface area contributed by atoms with Crippen LogP contribution < -0.4 is 0 Å². The number of ether oxygens (including phenoxy) is 1. The van der Waals surface area contributed by atoms with Gasteiger partial charge in [0.15, 0.2) is 0 Å². The van der Waals surface area contributed by atoms with Crippen molar-refractivity contribution in [2.24, 2.45) is 0 Å². The number of carbonyl (C=O) groups is 1. The van der Waals surface area contributed by atoms with E-state index in [4.69, 9.17) is 4.74 Å². The molecule has 0 aromatic carbocycles. The topological polar surface area (TPSA) is 58.2 Å². The second-order valence-corrected chi connectivity index (χ2v) is 6.50. The molecule has 3 heterocycles. The number of nitrogens with zero attached hydrogens (tertiary/aromatic N) is 2. The Kier molecular flexibility index (Phi) is 2.67. The van der Waals surface area contributed by atoms with Crippen LogP contribution in [0.4, 0.5) is 0 Å². The number of nitrogens with one attached hydrogen (secondary N) is 1. The second-order valence-electron chi connectivity index (χ2n) is 6.50. The Labute approximate surface area is 118 Å². The largest absolute Gasteiger partial charge is 0.365 e. The first-order valence-corrected chi connectivity index (χ1v) is 7.67. The third-order valence-electron chi connectivity index (χ3n) is 4.89. The highest BCUT2D eigenvalue weighted by Gasteiger charge is 2.42. The lowest BCUT2D eigenvalue weighted by atomic mass is 9.97. The lowest BCUT2D eigenvalue weighted by molar-refractivity contribution is -0.152. The molecule has 1 atom stereocenters. The SMILES string of the molecule is C[C@@]1(C(=O)N2CCc3[nH]nc(C4CC4)c3C2)CCCO1. The Morgan fingerprint density at radius 3 is 3.05 bits per heavy atom. The van der Waals surface area contributed by atoms with Crippen LogP contribution in [-0.4, -0.2) is 39.8 Å². The van der Waals surface area contributed by atoms with Gasteiger partial charge in [-0.25, -0.2) is 0 Å². The Bertz CT molecular complexity index is 541. The maximum absolute atomic E-state index is 12.7. The number of hydrogen-bond acceptors (Lipinski definition) is 3. The van der Waals surface area contributed by atoms with Crippen molar-refractivity contribution in [1.82, 2.24) is 15.1 Å². The normalized spacial score (nSPS) is 29.6. The summed E-state index contributed by atoms with van der Waals surface area (Å²) in [5, 5.41) is 7.64. The summed E-state index contributed by atoms with van der Waals surface area (Å²) in [6.45, 7) is 4.13. The first-order valence-electron chi connectivity index (χ1n) is 7.67. The van der Waals surface area contributed by atoms with Gasteiger partial charge in [0.05, 0.1) is 5.69 Å². The van der Waals surface area contributed by atoms with Gasteiger partial charge < -0.3 is 9.64 Å². The predicted octanol–water partition coefficient (Wildman–Crippen LogP) is 1.74. The average Bonchev–Trinajstić information content (AvgIpc) is 3.06. The number of amides is 1. The van der Waals surface area contributed by atoms with Crippen molar-refractivity contribution in [2.45, 2.75) is 57.1 Å². The Morgan fingerprint density at radius 2 is 2.35 bits per heavy atom. The van der Waals surface area contributed by atoms with Gasteiger partial charge in [-0.05, 0) is 32.6 Å². The number of aromatic amines is 1. The molecule has 20 heavy (non-hydrogen) atoms. The summed E-state index contributed by atoms with van der Waals surface area (Å²) in [6.07, 6.45) is 5.20. The number of fused-ring (bicyclic) bond motifs is 1. The number of H-pyrrole nitrogens is 1. The summed E-state index contributed by atoms with van der Waals surface area (Å²) in [5.74, 6) is 0.784. The van der Waals surface area contributed by atoms with E-state index in [1.165, 1.54) is 29.8 Å². The molecule has 1 aliphatic carbocycles. The maximum Gasteiger partial charge on any atom is 0.254 e. The van der Waals surface area contributed by atoms with Gasteiger partial charge in [0.1, 0.15) is 5.60 Å². The van der Waals surface area contributed by atoms with Crippen LogP contribution in [0.15, 0.2) is 0 Å². The maximum atomic E-state index is 12.7. The molecule has 1 saturated heterocycles. The zero-order chi connectivity index (χ0) is 13.7. The summed E-state index contributed by atoms with van der Waals surface area (Å²) >= 11 is 0. The van der Waals surface area contributed by atoms with E-state index in [9.17, 15) is 4.79 Å². The Balaban J connectivity index is 1.56. The fraction of sp³-hybridized carbons (Fsp3) is 0.733. The van der Waals surface area contributed by atoms with Gasteiger partial charge in [0.2, 0.25) is 0 Å². The summed E-state index contributed by atoms with van der Waals surface area (Å²) in [7, 11) is 0. The van der Waals surface area contributed by atoms with E-state index in [0.29, 0.717) is 19.1 Å². The lowest BCUT2D eigenvalue weighted by Crippen LogP contribution is -2.48. The molecule has 5 heteroatoms. The quantitative estimate of drug-likeness (QED) is 0.894. The van der Waals surface area contributed by atoms with Crippen LogP contribution in [-0.2, 0) is 22.5 Å². The Morgan fingerprint density at radius 1 is 1.50 bits per heavy atom. The monoisotopic (exact) mass is 275 g/mol. The molecule has 1 saturated carbocycles. The van der Waals surface area contributed by atoms with Crippen LogP contribution in [0.3, 0.4) is 0 Å². The number of aromatic nitrogens is 2. The molecule has 5 nitrogen and oxygen atoms in total. The van der Waals surface area contributed by atoms with E-state index in [-0.39, 0.29) is 5.91 Å². The van der Waals surface area contributed by atoms with Crippen LogP contribution in [0.2, 0.25) is 0 Å². The van der Waals surface area contributed by atoms with Crippen LogP contribution in [0, 0.1) is 0 Å². The molecule has 1 aromatic rings. The van der Waals surface area contributed by atoms with E-state index < -0.39 is 5.60 Å². The Hall–Kier alpha value is -1.36. The molecule has 2 aliphatic heterocycles. The summed E-state index contributed by atoms with van der Waals surface area (Å²) < 4.78 is 5.70. The van der Waals surface area contributed by atoms with Gasteiger partial charge in [-0.3, -0.25) is 9.89 Å². The third-order valence-corrected chi connectivity index (χ3v) is 4.89. The minimum Gasteiger partial charge on any atom is -0.365 e. The first-order chi connectivity index (χ1) is 9.67. The van der Waals surface area contributed by atoms with Gasteiger partial charge in [-0.15, -0.1) is 0 Å². The molecule has 0 radical (unpaired) electrons. The average molecular weight is 275 g/mol. The van der Waals surface area contributed by atoms with Crippen molar-refractivity contribution in [3.05, 3.63) is 17.0 Å². The van der Waals surface area contributed by atoms with Crippen molar-refractivity contribution in [2.75, 3.05) is 13.2 Å². The first kappa shape index (κ1) is 12.4. The number of carbonyl (C=O) groups excluding carboxylic acids is 1. The fourth-order valence-corrected chi connectivity index (χ4v) is 3.47. The molecular weight excluding hydrogens is 254 g/mol. The van der Waals surface area contributed by atoms with Crippen LogP contribution in [0.25, 0.3) is 0 Å². The van der Waals surface area contributed by atoms with Gasteiger partial charge in [-0.2, -0.15) is 5.10 Å². The van der Waals surface area contributed by atoms with Gasteiger partial charge in [0.25, 0.3) is 5.91 Å². The molecule has 1 aromatic heterocycles. The molecule has 0 unspecified atom stereocenters. The molecule has 0 bridgehead atoms. The van der Waals surface area contributed by atoms with Crippen molar-refractivity contribution in [3.8, 4) is 0 Å². The van der Waals surface area contributed by atoms with E-state index in [0.717, 1.165) is 25.8 Å². The lowest BCUT2D eigenvalue weighted by Gasteiger charge is -2.33. The molecule has 2 fully saturated rings. The molecule has 1 amide bonds. The number of rotatable bonds is 2. The van der Waals surface area contributed by atoms with E-state index in [1.54, 1.807) is 0 Å². The van der Waals surface area contributed by atoms with Gasteiger partial charge in [-0.1, -0.05) is 0 Å². The summed E-state index contributed by atoms with van der Waals surface area (Å²) in [5.41, 5.74) is 3.11. The van der Waals surface area contributed by atoms with E-state index in [2.05, 4.69) is 10.2 Å². The minimum atomic E-state index is -0.596. The fourth-order valence-electron chi connectivity index (χ4n) is 3.47. The van der Waals surface area contributed by atoms with Crippen LogP contribution in [0.1, 0.15) is 55.5 Å². The molecule has 3 aliphatic rings. The smallest absolute Gasteiger partial charge is 0.254 e. The molecular formula is C15H21N3O2. The van der Waals surface area contributed by atoms with Gasteiger partial charge in [0, 0.05) is 43.3 Å². The summed E-state index contributed by atoms with van der Waals surface area (Å²) in [6, 6.07) is 0. The van der Waals surface area contributed by atoms with E-state index in [1.807, 2.05) is 11.8 Å². The zero-order valence-electron chi connectivity index (χ0n) is 11.9. The third kappa shape index (κ3) is 1.87. The van der Waals surface area contributed by atoms with Crippen LogP contribution in [0.5, 0.6) is 0 Å². The molecule has 4 rings (SSSR count). The molecule has 1 N–H and O–H groups in total. The number of hydrogen-bond donors (Lipinski definition) is 1. The minimum absolute atomic E-state index is 0.156. The highest BCUT2D eigenvalue weighted by Crippen LogP contribution is 2.42. The standard InChI is InChI=1S/C15H21N3O2/c1-15(6-2-8-20-15)14(19)18-7-5-12-11(9-18)13(17-16-12)10-3-4-10/h10H,2-9H2,1H3,(H,16,17)/t15-/m0/s1. The predicted molar refractivity (Wildman–Crippen MR) is 73.3 cm³/mol. The van der Waals surface area contributed by atoms with Crippen LogP contribution >= 0.6 is 0 Å². The van der Waals surface area contributed by atoms with Crippen molar-refractivity contribution >= 4 is 5.91 Å². The summed E-state index contributed by atoms with van der Waals surface area (Å²) in [4.78, 5) is 14.7. The second kappa shape index (κ2) is 4.32. The molecule has 0 spiro atoms. The molecule has 108 valence electrons. The van der Waals surface area contributed by atoms with Crippen molar-refractivity contribution < 1.29 is 9.53 Å². The van der Waals surface area contributed by atoms with Crippen molar-refractivity contribution in [3.63, 3.8) is 0 Å². The van der Waals surface area contributed by atoms with Crippen molar-refractivity contribution in [1.29, 1.82) is 0 Å². The van der Waals surface area contributed by atoms with Gasteiger partial charge >= 0.3 is 0 Å². The zero-order valence-corrected chi connectivity index (χ0v) is 11.9. The highest BCUT2D eigenvalue weighted by atomic mass is 16.5.